The normalized spacial score (nSPS) is 21.7. The Morgan fingerprint density at radius 1 is 1.59 bits per heavy atom. The van der Waals surface area contributed by atoms with E-state index in [9.17, 15) is 4.79 Å². The van der Waals surface area contributed by atoms with Crippen LogP contribution in [0.15, 0.2) is 6.07 Å². The Bertz CT molecular complexity index is 430. The molecule has 0 saturated carbocycles. The van der Waals surface area contributed by atoms with E-state index in [0.29, 0.717) is 17.5 Å². The van der Waals surface area contributed by atoms with Gasteiger partial charge in [0.15, 0.2) is 0 Å². The van der Waals surface area contributed by atoms with Gasteiger partial charge in [0, 0.05) is 30.0 Å². The van der Waals surface area contributed by atoms with Gasteiger partial charge in [-0.15, -0.1) is 0 Å². The molecule has 2 rings (SSSR count). The summed E-state index contributed by atoms with van der Waals surface area (Å²) < 4.78 is 7.53. The van der Waals surface area contributed by atoms with E-state index in [1.807, 2.05) is 13.8 Å². The number of hydrogen-bond acceptors (Lipinski definition) is 2. The van der Waals surface area contributed by atoms with Crippen molar-refractivity contribution in [1.82, 2.24) is 4.57 Å². The van der Waals surface area contributed by atoms with E-state index in [0.717, 1.165) is 31.0 Å². The molecule has 1 aliphatic heterocycles. The molecule has 2 heterocycles. The van der Waals surface area contributed by atoms with Crippen LogP contribution in [-0.4, -0.2) is 28.9 Å². The third-order valence-electron chi connectivity index (χ3n) is 3.77. The Hall–Kier alpha value is -1.29. The second-order valence-corrected chi connectivity index (χ2v) is 4.82. The second kappa shape index (κ2) is 4.53. The molecule has 2 unspecified atom stereocenters. The summed E-state index contributed by atoms with van der Waals surface area (Å²) in [7, 11) is 0. The number of aryl methyl sites for hydroxylation is 1. The fourth-order valence-corrected chi connectivity index (χ4v) is 2.76. The zero-order valence-corrected chi connectivity index (χ0v) is 10.6. The molecule has 0 amide bonds. The van der Waals surface area contributed by atoms with E-state index in [1.165, 1.54) is 0 Å². The molecule has 2 atom stereocenters. The highest BCUT2D eigenvalue weighted by Crippen LogP contribution is 2.30. The maximum Gasteiger partial charge on any atom is 0.337 e. The molecule has 1 aliphatic rings. The summed E-state index contributed by atoms with van der Waals surface area (Å²) in [4.78, 5) is 11.1. The van der Waals surface area contributed by atoms with Crippen LogP contribution in [0.4, 0.5) is 0 Å². The predicted molar refractivity (Wildman–Crippen MR) is 64.5 cm³/mol. The molecule has 0 bridgehead atoms. The molecule has 0 spiro atoms. The van der Waals surface area contributed by atoms with Crippen molar-refractivity contribution in [1.29, 1.82) is 0 Å². The van der Waals surface area contributed by atoms with E-state index in [2.05, 4.69) is 11.5 Å². The van der Waals surface area contributed by atoms with Gasteiger partial charge in [0.25, 0.3) is 0 Å². The number of nitrogens with zero attached hydrogens (tertiary/aromatic N) is 1. The fraction of sp³-hybridized carbons (Fsp3) is 0.615. The van der Waals surface area contributed by atoms with Gasteiger partial charge in [0.2, 0.25) is 0 Å². The fourth-order valence-electron chi connectivity index (χ4n) is 2.76. The Labute approximate surface area is 101 Å². The monoisotopic (exact) mass is 237 g/mol. The standard InChI is InChI=1S/C13H19NO3/c1-8-6-12(13(15)16)10(3)14(8)9(2)11-4-5-17-7-11/h6,9,11H,4-5,7H2,1-3H3,(H,15,16). The van der Waals surface area contributed by atoms with Crippen LogP contribution in [0.3, 0.4) is 0 Å². The number of aromatic carboxylic acids is 1. The molecule has 1 saturated heterocycles. The molecule has 1 aromatic rings. The maximum absolute atomic E-state index is 11.1. The van der Waals surface area contributed by atoms with Gasteiger partial charge in [-0.1, -0.05) is 0 Å². The van der Waals surface area contributed by atoms with Crippen molar-refractivity contribution in [2.24, 2.45) is 5.92 Å². The quantitative estimate of drug-likeness (QED) is 0.878. The average molecular weight is 237 g/mol. The summed E-state index contributed by atoms with van der Waals surface area (Å²) in [5, 5.41) is 9.11. The minimum atomic E-state index is -0.848. The van der Waals surface area contributed by atoms with Crippen molar-refractivity contribution in [3.05, 3.63) is 23.0 Å². The Morgan fingerprint density at radius 3 is 2.76 bits per heavy atom. The molecule has 0 aliphatic carbocycles. The van der Waals surface area contributed by atoms with Gasteiger partial charge in [-0.3, -0.25) is 0 Å². The van der Waals surface area contributed by atoms with Crippen LogP contribution in [-0.2, 0) is 4.74 Å². The molecule has 0 radical (unpaired) electrons. The van der Waals surface area contributed by atoms with Gasteiger partial charge in [-0.2, -0.15) is 0 Å². The van der Waals surface area contributed by atoms with Crippen LogP contribution in [0.25, 0.3) is 0 Å². The van der Waals surface area contributed by atoms with Crippen LogP contribution in [0.5, 0.6) is 0 Å². The zero-order valence-electron chi connectivity index (χ0n) is 10.6. The summed E-state index contributed by atoms with van der Waals surface area (Å²) >= 11 is 0. The highest BCUT2D eigenvalue weighted by atomic mass is 16.5. The Kier molecular flexibility index (Phi) is 3.24. The van der Waals surface area contributed by atoms with Gasteiger partial charge in [-0.05, 0) is 33.3 Å². The van der Waals surface area contributed by atoms with Crippen LogP contribution < -0.4 is 0 Å². The summed E-state index contributed by atoms with van der Waals surface area (Å²) in [5.41, 5.74) is 2.27. The molecule has 17 heavy (non-hydrogen) atoms. The second-order valence-electron chi connectivity index (χ2n) is 4.82. The minimum absolute atomic E-state index is 0.297. The molecular weight excluding hydrogens is 218 g/mol. The van der Waals surface area contributed by atoms with Crippen molar-refractivity contribution >= 4 is 5.97 Å². The number of carboxylic acid groups (broad SMARTS) is 1. The first-order valence-electron chi connectivity index (χ1n) is 6.02. The number of carboxylic acids is 1. The van der Waals surface area contributed by atoms with Crippen LogP contribution >= 0.6 is 0 Å². The number of carbonyl (C=O) groups is 1. The minimum Gasteiger partial charge on any atom is -0.478 e. The topological polar surface area (TPSA) is 51.5 Å². The first-order valence-corrected chi connectivity index (χ1v) is 6.02. The molecule has 4 nitrogen and oxygen atoms in total. The number of aromatic nitrogens is 1. The van der Waals surface area contributed by atoms with Crippen molar-refractivity contribution in [2.45, 2.75) is 33.2 Å². The molecule has 4 heteroatoms. The predicted octanol–water partition coefficient (Wildman–Crippen LogP) is 2.40. The lowest BCUT2D eigenvalue weighted by atomic mass is 10.00. The number of ether oxygens (including phenoxy) is 1. The lowest BCUT2D eigenvalue weighted by Gasteiger charge is -2.23. The molecule has 0 aromatic carbocycles. The van der Waals surface area contributed by atoms with Crippen LogP contribution in [0, 0.1) is 19.8 Å². The first kappa shape index (κ1) is 12.2. The lowest BCUT2D eigenvalue weighted by Crippen LogP contribution is -2.19. The summed E-state index contributed by atoms with van der Waals surface area (Å²) in [6, 6.07) is 2.05. The van der Waals surface area contributed by atoms with E-state index in [-0.39, 0.29) is 0 Å². The molecule has 1 N–H and O–H groups in total. The summed E-state index contributed by atoms with van der Waals surface area (Å²) in [6.07, 6.45) is 1.06. The summed E-state index contributed by atoms with van der Waals surface area (Å²) in [5.74, 6) is -0.360. The van der Waals surface area contributed by atoms with Crippen LogP contribution in [0.2, 0.25) is 0 Å². The van der Waals surface area contributed by atoms with E-state index >= 15 is 0 Å². The Balaban J connectivity index is 2.34. The van der Waals surface area contributed by atoms with Crippen molar-refractivity contribution in [3.63, 3.8) is 0 Å². The average Bonchev–Trinajstić information content (AvgIpc) is 2.86. The highest BCUT2D eigenvalue weighted by Gasteiger charge is 2.26. The van der Waals surface area contributed by atoms with E-state index in [4.69, 9.17) is 9.84 Å². The first-order chi connectivity index (χ1) is 8.02. The van der Waals surface area contributed by atoms with Crippen molar-refractivity contribution < 1.29 is 14.6 Å². The van der Waals surface area contributed by atoms with Crippen molar-refractivity contribution in [3.8, 4) is 0 Å². The highest BCUT2D eigenvalue weighted by molar-refractivity contribution is 5.89. The van der Waals surface area contributed by atoms with Gasteiger partial charge in [0.05, 0.1) is 12.2 Å². The zero-order chi connectivity index (χ0) is 12.6. The number of hydrogen-bond donors (Lipinski definition) is 1. The summed E-state index contributed by atoms with van der Waals surface area (Å²) in [6.45, 7) is 7.58. The largest absolute Gasteiger partial charge is 0.478 e. The maximum atomic E-state index is 11.1. The van der Waals surface area contributed by atoms with Gasteiger partial charge < -0.3 is 14.4 Å². The SMILES string of the molecule is Cc1cc(C(=O)O)c(C)n1C(C)C1CCOC1. The lowest BCUT2D eigenvalue weighted by molar-refractivity contribution is 0.0696. The molecule has 94 valence electrons. The van der Waals surface area contributed by atoms with Gasteiger partial charge in [0.1, 0.15) is 0 Å². The molecular formula is C13H19NO3. The number of rotatable bonds is 3. The Morgan fingerprint density at radius 2 is 2.29 bits per heavy atom. The smallest absolute Gasteiger partial charge is 0.337 e. The van der Waals surface area contributed by atoms with E-state index < -0.39 is 5.97 Å². The van der Waals surface area contributed by atoms with Gasteiger partial charge in [-0.25, -0.2) is 4.79 Å². The molecule has 1 aromatic heterocycles. The third-order valence-corrected chi connectivity index (χ3v) is 3.77. The van der Waals surface area contributed by atoms with E-state index in [1.54, 1.807) is 6.07 Å². The van der Waals surface area contributed by atoms with Gasteiger partial charge >= 0.3 is 5.97 Å². The van der Waals surface area contributed by atoms with Crippen molar-refractivity contribution in [2.75, 3.05) is 13.2 Å². The molecule has 1 fully saturated rings. The third kappa shape index (κ3) is 2.09. The van der Waals surface area contributed by atoms with Crippen LogP contribution in [0.1, 0.15) is 41.1 Å².